The van der Waals surface area contributed by atoms with E-state index in [0.29, 0.717) is 17.2 Å². The third-order valence-corrected chi connectivity index (χ3v) is 4.75. The number of carbonyl (C=O) groups is 2. The second kappa shape index (κ2) is 8.18. The highest BCUT2D eigenvalue weighted by molar-refractivity contribution is 7.13. The summed E-state index contributed by atoms with van der Waals surface area (Å²) in [5.74, 6) is 0.522. The number of nitrogens with zero attached hydrogens (tertiary/aromatic N) is 1. The summed E-state index contributed by atoms with van der Waals surface area (Å²) in [5.41, 5.74) is 1.48. The monoisotopic (exact) mass is 376 g/mol. The van der Waals surface area contributed by atoms with Crippen LogP contribution in [0.25, 0.3) is 10.6 Å². The number of nitrogens with one attached hydrogen (secondary N) is 1. The minimum atomic E-state index is -0.472. The molecule has 1 amide bonds. The molecule has 0 saturated heterocycles. The lowest BCUT2D eigenvalue weighted by Crippen LogP contribution is -2.30. The highest BCUT2D eigenvalue weighted by atomic mass is 32.1. The molecule has 1 saturated carbocycles. The molecule has 0 bridgehead atoms. The maximum atomic E-state index is 11.9. The molecule has 138 valence electrons. The number of benzene rings is 1. The van der Waals surface area contributed by atoms with Gasteiger partial charge in [0, 0.05) is 17.0 Å². The zero-order chi connectivity index (χ0) is 18.5. The average molecular weight is 376 g/mol. The fourth-order valence-electron chi connectivity index (χ4n) is 2.33. The van der Waals surface area contributed by atoms with E-state index in [1.165, 1.54) is 11.3 Å². The number of rotatable bonds is 8. The van der Waals surface area contributed by atoms with Crippen LogP contribution in [-0.4, -0.2) is 43.7 Å². The molecule has 0 atom stereocenters. The summed E-state index contributed by atoms with van der Waals surface area (Å²) in [6.07, 6.45) is 2.02. The molecule has 1 aliphatic rings. The molecule has 0 spiro atoms. The summed E-state index contributed by atoms with van der Waals surface area (Å²) in [6.45, 7) is -0.248. The fraction of sp³-hybridized carbons (Fsp3) is 0.389. The van der Waals surface area contributed by atoms with E-state index < -0.39 is 5.97 Å². The van der Waals surface area contributed by atoms with Crippen LogP contribution in [0.3, 0.4) is 0 Å². The normalized spacial score (nSPS) is 13.2. The van der Waals surface area contributed by atoms with Crippen LogP contribution in [0.1, 0.15) is 18.5 Å². The lowest BCUT2D eigenvalue weighted by atomic mass is 10.2. The summed E-state index contributed by atoms with van der Waals surface area (Å²) in [4.78, 5) is 27.9. The number of hydrogen-bond acceptors (Lipinski definition) is 7. The van der Waals surface area contributed by atoms with Gasteiger partial charge in [0.05, 0.1) is 26.3 Å². The van der Waals surface area contributed by atoms with Gasteiger partial charge in [-0.2, -0.15) is 0 Å². The van der Waals surface area contributed by atoms with Crippen molar-refractivity contribution < 1.29 is 23.8 Å². The summed E-state index contributed by atoms with van der Waals surface area (Å²) in [7, 11) is 3.15. The second-order valence-corrected chi connectivity index (χ2v) is 6.75. The van der Waals surface area contributed by atoms with Crippen molar-refractivity contribution in [2.24, 2.45) is 0 Å². The number of methoxy groups -OCH3 is 2. The first-order valence-corrected chi connectivity index (χ1v) is 9.09. The van der Waals surface area contributed by atoms with Gasteiger partial charge in [0.15, 0.2) is 18.1 Å². The lowest BCUT2D eigenvalue weighted by molar-refractivity contribution is -0.147. The van der Waals surface area contributed by atoms with Gasteiger partial charge in [-0.3, -0.25) is 9.59 Å². The molecule has 8 heteroatoms. The third-order valence-electron chi connectivity index (χ3n) is 3.81. The Bertz CT molecular complexity index is 801. The molecule has 3 rings (SSSR count). The molecule has 0 unspecified atom stereocenters. The number of esters is 1. The van der Waals surface area contributed by atoms with Crippen LogP contribution < -0.4 is 14.8 Å². The van der Waals surface area contributed by atoms with Crippen LogP contribution in [0.5, 0.6) is 11.5 Å². The maximum Gasteiger partial charge on any atom is 0.312 e. The summed E-state index contributed by atoms with van der Waals surface area (Å²) >= 11 is 1.42. The summed E-state index contributed by atoms with van der Waals surface area (Å²) < 4.78 is 15.5. The summed E-state index contributed by atoms with van der Waals surface area (Å²) in [5, 5.41) is 5.33. The standard InChI is InChI=1S/C18H20N2O5S/c1-23-14-6-3-11(7-15(14)24-2)18-20-13(10-26-18)8-17(22)25-9-16(21)19-12-4-5-12/h3,6-7,10,12H,4-5,8-9H2,1-2H3,(H,19,21). The molecule has 1 aliphatic carbocycles. The SMILES string of the molecule is COc1ccc(-c2nc(CC(=O)OCC(=O)NC3CC3)cs2)cc1OC. The van der Waals surface area contributed by atoms with E-state index in [0.717, 1.165) is 23.4 Å². The quantitative estimate of drug-likeness (QED) is 0.711. The first-order chi connectivity index (χ1) is 12.6. The highest BCUT2D eigenvalue weighted by Crippen LogP contribution is 2.33. The largest absolute Gasteiger partial charge is 0.493 e. The highest BCUT2D eigenvalue weighted by Gasteiger charge is 2.23. The molecule has 7 nitrogen and oxygen atoms in total. The van der Waals surface area contributed by atoms with Crippen LogP contribution in [0.2, 0.25) is 0 Å². The van der Waals surface area contributed by atoms with Crippen molar-refractivity contribution in [1.82, 2.24) is 10.3 Å². The fourth-order valence-corrected chi connectivity index (χ4v) is 3.15. The van der Waals surface area contributed by atoms with Crippen LogP contribution in [0, 0.1) is 0 Å². The van der Waals surface area contributed by atoms with Gasteiger partial charge in [0.1, 0.15) is 5.01 Å². The van der Waals surface area contributed by atoms with Crippen molar-refractivity contribution in [3.63, 3.8) is 0 Å². The predicted molar refractivity (Wildman–Crippen MR) is 96.5 cm³/mol. The van der Waals surface area contributed by atoms with Gasteiger partial charge in [0.2, 0.25) is 0 Å². The Hall–Kier alpha value is -2.61. The van der Waals surface area contributed by atoms with E-state index in [2.05, 4.69) is 10.3 Å². The molecular formula is C18H20N2O5S. The van der Waals surface area contributed by atoms with E-state index in [-0.39, 0.29) is 25.0 Å². The van der Waals surface area contributed by atoms with Crippen molar-refractivity contribution in [2.45, 2.75) is 25.3 Å². The Kier molecular flexibility index (Phi) is 5.72. The number of carbonyl (C=O) groups excluding carboxylic acids is 2. The molecule has 26 heavy (non-hydrogen) atoms. The van der Waals surface area contributed by atoms with Gasteiger partial charge in [0.25, 0.3) is 5.91 Å². The average Bonchev–Trinajstić information content (AvgIpc) is 3.34. The summed E-state index contributed by atoms with van der Waals surface area (Å²) in [6, 6.07) is 5.78. The van der Waals surface area contributed by atoms with Crippen LogP contribution >= 0.6 is 11.3 Å². The van der Waals surface area contributed by atoms with Crippen molar-refractivity contribution in [2.75, 3.05) is 20.8 Å². The van der Waals surface area contributed by atoms with Gasteiger partial charge in [-0.15, -0.1) is 11.3 Å². The van der Waals surface area contributed by atoms with Crippen molar-refractivity contribution in [3.8, 4) is 22.1 Å². The maximum absolute atomic E-state index is 11.9. The van der Waals surface area contributed by atoms with Crippen LogP contribution in [0.4, 0.5) is 0 Å². The van der Waals surface area contributed by atoms with Gasteiger partial charge in [-0.25, -0.2) is 4.98 Å². The van der Waals surface area contributed by atoms with Gasteiger partial charge in [-0.1, -0.05) is 0 Å². The second-order valence-electron chi connectivity index (χ2n) is 5.89. The van der Waals surface area contributed by atoms with Crippen molar-refractivity contribution in [3.05, 3.63) is 29.3 Å². The first kappa shape index (κ1) is 18.2. The first-order valence-electron chi connectivity index (χ1n) is 8.21. The molecule has 1 N–H and O–H groups in total. The number of thiazole rings is 1. The Morgan fingerprint density at radius 1 is 1.23 bits per heavy atom. The Morgan fingerprint density at radius 3 is 2.69 bits per heavy atom. The van der Waals surface area contributed by atoms with E-state index in [1.54, 1.807) is 19.6 Å². The minimum Gasteiger partial charge on any atom is -0.493 e. The Morgan fingerprint density at radius 2 is 2.00 bits per heavy atom. The molecule has 1 aromatic carbocycles. The van der Waals surface area contributed by atoms with Gasteiger partial charge in [-0.05, 0) is 31.0 Å². The minimum absolute atomic E-state index is 0.0283. The van der Waals surface area contributed by atoms with E-state index in [1.807, 2.05) is 18.2 Å². The van der Waals surface area contributed by atoms with E-state index in [4.69, 9.17) is 14.2 Å². The molecule has 0 aliphatic heterocycles. The smallest absolute Gasteiger partial charge is 0.312 e. The zero-order valence-corrected chi connectivity index (χ0v) is 15.4. The molecule has 1 aromatic heterocycles. The number of amides is 1. The lowest BCUT2D eigenvalue weighted by Gasteiger charge is -2.08. The van der Waals surface area contributed by atoms with E-state index >= 15 is 0 Å². The molecule has 2 aromatic rings. The topological polar surface area (TPSA) is 86.8 Å². The van der Waals surface area contributed by atoms with Gasteiger partial charge < -0.3 is 19.5 Å². The van der Waals surface area contributed by atoms with Crippen molar-refractivity contribution >= 4 is 23.2 Å². The molecule has 1 fully saturated rings. The van der Waals surface area contributed by atoms with Crippen LogP contribution in [0.15, 0.2) is 23.6 Å². The number of aromatic nitrogens is 1. The number of ether oxygens (including phenoxy) is 3. The third kappa shape index (κ3) is 4.72. The Balaban J connectivity index is 1.57. The predicted octanol–water partition coefficient (Wildman–Crippen LogP) is 2.19. The van der Waals surface area contributed by atoms with E-state index in [9.17, 15) is 9.59 Å². The zero-order valence-electron chi connectivity index (χ0n) is 14.6. The molecule has 0 radical (unpaired) electrons. The van der Waals surface area contributed by atoms with Crippen LogP contribution in [-0.2, 0) is 20.7 Å². The van der Waals surface area contributed by atoms with Crippen molar-refractivity contribution in [1.29, 1.82) is 0 Å². The molecule has 1 heterocycles. The molecular weight excluding hydrogens is 356 g/mol. The van der Waals surface area contributed by atoms with Gasteiger partial charge >= 0.3 is 5.97 Å². The Labute approximate surface area is 155 Å². The number of hydrogen-bond donors (Lipinski definition) is 1.